The quantitative estimate of drug-likeness (QED) is 0.549. The number of nitriles is 1. The number of hydrogen-bond acceptors (Lipinski definition) is 2. The molecule has 6 heteroatoms. The third-order valence-corrected chi connectivity index (χ3v) is 2.65. The summed E-state index contributed by atoms with van der Waals surface area (Å²) in [6.45, 7) is 3.98. The highest BCUT2D eigenvalue weighted by Gasteiger charge is 2.08. The van der Waals surface area contributed by atoms with Crippen LogP contribution in [0.5, 0.6) is 0 Å². The molecule has 0 heterocycles. The van der Waals surface area contributed by atoms with Gasteiger partial charge in [0, 0.05) is 0 Å². The summed E-state index contributed by atoms with van der Waals surface area (Å²) < 4.78 is 0. The van der Waals surface area contributed by atoms with Gasteiger partial charge >= 0.3 is 0 Å². The second kappa shape index (κ2) is 6.40. The first kappa shape index (κ1) is 14.5. The van der Waals surface area contributed by atoms with Gasteiger partial charge in [-0.25, -0.2) is 4.99 Å². The molecule has 0 aliphatic carbocycles. The van der Waals surface area contributed by atoms with E-state index in [0.29, 0.717) is 11.3 Å². The number of hydrogen-bond donors (Lipinski definition) is 3. The molecule has 19 heavy (non-hydrogen) atoms. The number of nitrogens with two attached hydrogens (primary N) is 3. The van der Waals surface area contributed by atoms with E-state index in [-0.39, 0.29) is 11.9 Å². The third-order valence-electron chi connectivity index (χ3n) is 2.65. The standard InChI is InChI=1S/C13H18N6/c1-3-8-5-10(18-13(17)19-12(15)16)6-9(4-2)11(8)7-14/h5-6H,3-4H2,1-2H3,(H6,15,16,17,18,19). The lowest BCUT2D eigenvalue weighted by atomic mass is 9.97. The minimum Gasteiger partial charge on any atom is -0.370 e. The molecule has 0 aromatic heterocycles. The summed E-state index contributed by atoms with van der Waals surface area (Å²) in [5.74, 6) is -0.143. The molecule has 0 radical (unpaired) electrons. The van der Waals surface area contributed by atoms with Gasteiger partial charge in [0.15, 0.2) is 5.96 Å². The number of benzene rings is 1. The predicted molar refractivity (Wildman–Crippen MR) is 77.0 cm³/mol. The molecule has 100 valence electrons. The maximum atomic E-state index is 9.19. The Kier molecular flexibility index (Phi) is 4.89. The summed E-state index contributed by atoms with van der Waals surface area (Å²) in [7, 11) is 0. The number of aliphatic imine (C=N–C) groups is 2. The SMILES string of the molecule is CCc1cc(N=C(N)N=C(N)N)cc(CC)c1C#N. The van der Waals surface area contributed by atoms with E-state index in [1.54, 1.807) is 0 Å². The molecule has 0 saturated carbocycles. The van der Waals surface area contributed by atoms with Crippen LogP contribution in [0.15, 0.2) is 22.1 Å². The lowest BCUT2D eigenvalue weighted by molar-refractivity contribution is 1.07. The first-order valence-corrected chi connectivity index (χ1v) is 6.01. The Balaban J connectivity index is 3.32. The van der Waals surface area contributed by atoms with Gasteiger partial charge in [-0.05, 0) is 36.1 Å². The van der Waals surface area contributed by atoms with Crippen LogP contribution in [0.2, 0.25) is 0 Å². The van der Waals surface area contributed by atoms with Crippen molar-refractivity contribution in [1.82, 2.24) is 0 Å². The summed E-state index contributed by atoms with van der Waals surface area (Å²) in [5, 5.41) is 9.19. The van der Waals surface area contributed by atoms with Gasteiger partial charge in [-0.3, -0.25) is 0 Å². The molecule has 0 unspecified atom stereocenters. The maximum absolute atomic E-state index is 9.19. The van der Waals surface area contributed by atoms with E-state index in [1.165, 1.54) is 0 Å². The van der Waals surface area contributed by atoms with Crippen LogP contribution in [0.3, 0.4) is 0 Å². The van der Waals surface area contributed by atoms with E-state index in [9.17, 15) is 5.26 Å². The molecule has 6 nitrogen and oxygen atoms in total. The van der Waals surface area contributed by atoms with Crippen LogP contribution in [-0.4, -0.2) is 11.9 Å². The molecular formula is C13H18N6. The zero-order chi connectivity index (χ0) is 14.4. The fourth-order valence-corrected chi connectivity index (χ4v) is 1.80. The van der Waals surface area contributed by atoms with Crippen LogP contribution >= 0.6 is 0 Å². The van der Waals surface area contributed by atoms with Crippen LogP contribution in [0.4, 0.5) is 5.69 Å². The Morgan fingerprint density at radius 1 is 1.16 bits per heavy atom. The van der Waals surface area contributed by atoms with Gasteiger partial charge in [0.25, 0.3) is 0 Å². The summed E-state index contributed by atoms with van der Waals surface area (Å²) >= 11 is 0. The van der Waals surface area contributed by atoms with Gasteiger partial charge in [0.2, 0.25) is 5.96 Å². The summed E-state index contributed by atoms with van der Waals surface area (Å²) in [6, 6.07) is 5.88. The van der Waals surface area contributed by atoms with Crippen LogP contribution < -0.4 is 17.2 Å². The number of rotatable bonds is 3. The van der Waals surface area contributed by atoms with Crippen molar-refractivity contribution in [2.75, 3.05) is 0 Å². The van der Waals surface area contributed by atoms with Crippen LogP contribution in [0, 0.1) is 11.3 Å². The van der Waals surface area contributed by atoms with Gasteiger partial charge < -0.3 is 17.2 Å². The molecule has 0 spiro atoms. The van der Waals surface area contributed by atoms with Crippen molar-refractivity contribution in [1.29, 1.82) is 5.26 Å². The smallest absolute Gasteiger partial charge is 0.223 e. The first-order chi connectivity index (χ1) is 9.01. The van der Waals surface area contributed by atoms with Crippen LogP contribution in [0.25, 0.3) is 0 Å². The lowest BCUT2D eigenvalue weighted by Crippen LogP contribution is -2.26. The molecular weight excluding hydrogens is 240 g/mol. The number of aryl methyl sites for hydroxylation is 2. The van der Waals surface area contributed by atoms with Crippen molar-refractivity contribution in [3.8, 4) is 6.07 Å². The van der Waals surface area contributed by atoms with Gasteiger partial charge in [0.05, 0.1) is 17.3 Å². The molecule has 0 amide bonds. The number of guanidine groups is 2. The lowest BCUT2D eigenvalue weighted by Gasteiger charge is -2.08. The van der Waals surface area contributed by atoms with Crippen LogP contribution in [-0.2, 0) is 12.8 Å². The molecule has 0 fully saturated rings. The van der Waals surface area contributed by atoms with E-state index >= 15 is 0 Å². The summed E-state index contributed by atoms with van der Waals surface area (Å²) in [4.78, 5) is 7.79. The molecule has 1 aromatic rings. The fourth-order valence-electron chi connectivity index (χ4n) is 1.80. The summed E-state index contributed by atoms with van der Waals surface area (Å²) in [5.41, 5.74) is 19.3. The minimum absolute atomic E-state index is 0.00573. The molecule has 1 rings (SSSR count). The Morgan fingerprint density at radius 2 is 1.68 bits per heavy atom. The van der Waals surface area contributed by atoms with Crippen molar-refractivity contribution in [3.63, 3.8) is 0 Å². The average molecular weight is 258 g/mol. The average Bonchev–Trinajstić information content (AvgIpc) is 2.36. The monoisotopic (exact) mass is 258 g/mol. The van der Waals surface area contributed by atoms with E-state index in [2.05, 4.69) is 16.1 Å². The van der Waals surface area contributed by atoms with Gasteiger partial charge in [-0.15, -0.1) is 0 Å². The van der Waals surface area contributed by atoms with E-state index in [4.69, 9.17) is 17.2 Å². The largest absolute Gasteiger partial charge is 0.370 e. The summed E-state index contributed by atoms with van der Waals surface area (Å²) in [6.07, 6.45) is 1.50. The minimum atomic E-state index is -0.138. The zero-order valence-electron chi connectivity index (χ0n) is 11.1. The Labute approximate surface area is 112 Å². The first-order valence-electron chi connectivity index (χ1n) is 6.01. The van der Waals surface area contributed by atoms with Crippen molar-refractivity contribution in [2.24, 2.45) is 27.2 Å². The maximum Gasteiger partial charge on any atom is 0.223 e. The van der Waals surface area contributed by atoms with Crippen molar-refractivity contribution < 1.29 is 0 Å². The molecule has 0 atom stereocenters. The van der Waals surface area contributed by atoms with Crippen molar-refractivity contribution in [3.05, 3.63) is 28.8 Å². The van der Waals surface area contributed by atoms with Crippen LogP contribution in [0.1, 0.15) is 30.5 Å². The predicted octanol–water partition coefficient (Wildman–Crippen LogP) is 0.903. The second-order valence-electron chi connectivity index (χ2n) is 3.96. The van der Waals surface area contributed by atoms with Gasteiger partial charge in [-0.2, -0.15) is 10.3 Å². The second-order valence-corrected chi connectivity index (χ2v) is 3.96. The molecule has 0 saturated heterocycles. The highest BCUT2D eigenvalue weighted by atomic mass is 15.1. The van der Waals surface area contributed by atoms with Crippen molar-refractivity contribution >= 4 is 17.6 Å². The molecule has 0 aliphatic rings. The highest BCUT2D eigenvalue weighted by Crippen LogP contribution is 2.23. The normalized spacial score (nSPS) is 10.9. The molecule has 6 N–H and O–H groups in total. The van der Waals surface area contributed by atoms with E-state index in [0.717, 1.165) is 24.0 Å². The van der Waals surface area contributed by atoms with E-state index in [1.807, 2.05) is 26.0 Å². The molecule has 0 aliphatic heterocycles. The Hall–Kier alpha value is -2.55. The van der Waals surface area contributed by atoms with Gasteiger partial charge in [-0.1, -0.05) is 13.8 Å². The zero-order valence-corrected chi connectivity index (χ0v) is 11.1. The Bertz CT molecular complexity index is 536. The van der Waals surface area contributed by atoms with Crippen molar-refractivity contribution in [2.45, 2.75) is 26.7 Å². The van der Waals surface area contributed by atoms with Gasteiger partial charge in [0.1, 0.15) is 0 Å². The fraction of sp³-hybridized carbons (Fsp3) is 0.308. The topological polar surface area (TPSA) is 127 Å². The third kappa shape index (κ3) is 3.71. The Morgan fingerprint density at radius 3 is 2.05 bits per heavy atom. The number of nitrogens with zero attached hydrogens (tertiary/aromatic N) is 3. The molecule has 0 bridgehead atoms. The highest BCUT2D eigenvalue weighted by molar-refractivity contribution is 5.93. The van der Waals surface area contributed by atoms with E-state index < -0.39 is 0 Å². The molecule has 1 aromatic carbocycles.